The SMILES string of the molecule is O=C(O)c1ccccc1NC(=O)N1CCc2[nH]cnc2[C@H]1c1ccccn1. The number of imidazole rings is 1. The van der Waals surface area contributed by atoms with Crippen LogP contribution in [0.1, 0.15) is 33.5 Å². The molecule has 136 valence electrons. The van der Waals surface area contributed by atoms with Crippen LogP contribution in [-0.2, 0) is 6.42 Å². The number of pyridine rings is 1. The number of aromatic carboxylic acids is 1. The summed E-state index contributed by atoms with van der Waals surface area (Å²) >= 11 is 0. The molecule has 2 amide bonds. The molecule has 1 aromatic carbocycles. The second-order valence-corrected chi connectivity index (χ2v) is 6.15. The molecule has 0 aliphatic carbocycles. The van der Waals surface area contributed by atoms with Crippen molar-refractivity contribution < 1.29 is 14.7 Å². The van der Waals surface area contributed by atoms with E-state index in [1.165, 1.54) is 6.07 Å². The van der Waals surface area contributed by atoms with Gasteiger partial charge in [-0.1, -0.05) is 18.2 Å². The monoisotopic (exact) mass is 363 g/mol. The highest BCUT2D eigenvalue weighted by Crippen LogP contribution is 2.32. The third kappa shape index (κ3) is 3.12. The highest BCUT2D eigenvalue weighted by atomic mass is 16.4. The van der Waals surface area contributed by atoms with Crippen LogP contribution in [0.15, 0.2) is 55.0 Å². The van der Waals surface area contributed by atoms with Crippen molar-refractivity contribution in [2.45, 2.75) is 12.5 Å². The fraction of sp³-hybridized carbons (Fsp3) is 0.158. The summed E-state index contributed by atoms with van der Waals surface area (Å²) in [4.78, 5) is 37.9. The molecule has 0 spiro atoms. The summed E-state index contributed by atoms with van der Waals surface area (Å²) in [5.41, 5.74) is 2.72. The standard InChI is InChI=1S/C19H17N5O3/c25-18(26)12-5-1-2-6-13(12)23-19(27)24-10-8-14-16(22-11-21-14)17(24)15-7-3-4-9-20-15/h1-7,9,11,17H,8,10H2,(H,21,22)(H,23,27)(H,25,26)/t17-/m1/s1. The number of para-hydroxylation sites is 1. The number of urea groups is 1. The van der Waals surface area contributed by atoms with E-state index in [1.54, 1.807) is 35.6 Å². The number of carboxylic acids is 1. The average Bonchev–Trinajstić information content (AvgIpc) is 3.17. The number of carboxylic acid groups (broad SMARTS) is 1. The lowest BCUT2D eigenvalue weighted by atomic mass is 9.99. The normalized spacial score (nSPS) is 15.9. The molecular weight excluding hydrogens is 346 g/mol. The number of anilines is 1. The molecule has 0 fully saturated rings. The van der Waals surface area contributed by atoms with E-state index < -0.39 is 18.0 Å². The van der Waals surface area contributed by atoms with Crippen molar-refractivity contribution in [3.05, 3.63) is 77.6 Å². The number of H-pyrrole nitrogens is 1. The first-order valence-electron chi connectivity index (χ1n) is 8.48. The zero-order valence-corrected chi connectivity index (χ0v) is 14.3. The number of aromatic amines is 1. The van der Waals surface area contributed by atoms with Crippen LogP contribution in [0.2, 0.25) is 0 Å². The second-order valence-electron chi connectivity index (χ2n) is 6.15. The summed E-state index contributed by atoms with van der Waals surface area (Å²) in [6, 6.07) is 11.0. The Hall–Kier alpha value is -3.68. The quantitative estimate of drug-likeness (QED) is 0.662. The van der Waals surface area contributed by atoms with Crippen molar-refractivity contribution in [1.82, 2.24) is 19.9 Å². The number of hydrogen-bond acceptors (Lipinski definition) is 4. The number of carbonyl (C=O) groups excluding carboxylic acids is 1. The van der Waals surface area contributed by atoms with Crippen LogP contribution in [0, 0.1) is 0 Å². The summed E-state index contributed by atoms with van der Waals surface area (Å²) in [7, 11) is 0. The van der Waals surface area contributed by atoms with Crippen molar-refractivity contribution in [2.75, 3.05) is 11.9 Å². The summed E-state index contributed by atoms with van der Waals surface area (Å²) in [5.74, 6) is -1.10. The Morgan fingerprint density at radius 1 is 1.15 bits per heavy atom. The van der Waals surface area contributed by atoms with Gasteiger partial charge in [0.2, 0.25) is 0 Å². The number of fused-ring (bicyclic) bond motifs is 1. The van der Waals surface area contributed by atoms with Crippen molar-refractivity contribution in [2.24, 2.45) is 0 Å². The van der Waals surface area contributed by atoms with Crippen LogP contribution in [0.25, 0.3) is 0 Å². The van der Waals surface area contributed by atoms with Gasteiger partial charge in [-0.15, -0.1) is 0 Å². The molecule has 1 aliphatic rings. The van der Waals surface area contributed by atoms with Crippen molar-refractivity contribution in [1.29, 1.82) is 0 Å². The second kappa shape index (κ2) is 6.91. The largest absolute Gasteiger partial charge is 0.478 e. The lowest BCUT2D eigenvalue weighted by Gasteiger charge is -2.34. The number of rotatable bonds is 3. The maximum absolute atomic E-state index is 13.0. The van der Waals surface area contributed by atoms with Gasteiger partial charge in [0.15, 0.2) is 0 Å². The van der Waals surface area contributed by atoms with E-state index >= 15 is 0 Å². The molecule has 0 unspecified atom stereocenters. The molecule has 1 atom stereocenters. The number of benzene rings is 1. The number of amides is 2. The Balaban J connectivity index is 1.68. The van der Waals surface area contributed by atoms with E-state index in [-0.39, 0.29) is 11.3 Å². The van der Waals surface area contributed by atoms with E-state index in [2.05, 4.69) is 20.3 Å². The first-order valence-corrected chi connectivity index (χ1v) is 8.48. The predicted octanol–water partition coefficient (Wildman–Crippen LogP) is 2.68. The molecule has 0 radical (unpaired) electrons. The fourth-order valence-electron chi connectivity index (χ4n) is 3.30. The van der Waals surface area contributed by atoms with Gasteiger partial charge in [0.25, 0.3) is 0 Å². The highest BCUT2D eigenvalue weighted by molar-refractivity contribution is 6.00. The third-order valence-electron chi connectivity index (χ3n) is 4.55. The first kappa shape index (κ1) is 16.8. The van der Waals surface area contributed by atoms with Gasteiger partial charge in [-0.2, -0.15) is 0 Å². The number of nitrogens with one attached hydrogen (secondary N) is 2. The topological polar surface area (TPSA) is 111 Å². The van der Waals surface area contributed by atoms with Gasteiger partial charge in [0.1, 0.15) is 6.04 Å². The molecule has 4 rings (SSSR count). The molecule has 3 heterocycles. The molecule has 0 saturated carbocycles. The number of hydrogen-bond donors (Lipinski definition) is 3. The van der Waals surface area contributed by atoms with Gasteiger partial charge in [-0.25, -0.2) is 14.6 Å². The van der Waals surface area contributed by atoms with E-state index in [0.717, 1.165) is 11.4 Å². The minimum Gasteiger partial charge on any atom is -0.478 e. The summed E-state index contributed by atoms with van der Waals surface area (Å²) in [5, 5.41) is 12.1. The minimum absolute atomic E-state index is 0.0395. The molecule has 27 heavy (non-hydrogen) atoms. The Morgan fingerprint density at radius 3 is 2.74 bits per heavy atom. The maximum Gasteiger partial charge on any atom is 0.337 e. The molecule has 2 aromatic heterocycles. The van der Waals surface area contributed by atoms with E-state index in [4.69, 9.17) is 0 Å². The average molecular weight is 363 g/mol. The summed E-state index contributed by atoms with van der Waals surface area (Å²) in [6.07, 6.45) is 3.92. The third-order valence-corrected chi connectivity index (χ3v) is 4.55. The zero-order chi connectivity index (χ0) is 18.8. The van der Waals surface area contributed by atoms with Crippen molar-refractivity contribution in [3.63, 3.8) is 0 Å². The molecule has 1 aliphatic heterocycles. The Labute approximate surface area is 154 Å². The van der Waals surface area contributed by atoms with Crippen LogP contribution in [0.3, 0.4) is 0 Å². The van der Waals surface area contributed by atoms with Gasteiger partial charge >= 0.3 is 12.0 Å². The van der Waals surface area contributed by atoms with E-state index in [0.29, 0.717) is 18.7 Å². The number of nitrogens with zero attached hydrogens (tertiary/aromatic N) is 3. The molecule has 0 bridgehead atoms. The minimum atomic E-state index is -1.10. The molecule has 3 aromatic rings. The molecule has 8 nitrogen and oxygen atoms in total. The van der Waals surface area contributed by atoms with Crippen LogP contribution in [0.4, 0.5) is 10.5 Å². The summed E-state index contributed by atoms with van der Waals surface area (Å²) < 4.78 is 0. The first-order chi connectivity index (χ1) is 13.1. The molecular formula is C19H17N5O3. The van der Waals surface area contributed by atoms with Gasteiger partial charge in [0, 0.05) is 24.9 Å². The van der Waals surface area contributed by atoms with Gasteiger partial charge in [-0.05, 0) is 24.3 Å². The molecule has 8 heteroatoms. The maximum atomic E-state index is 13.0. The number of carbonyl (C=O) groups is 2. The van der Waals surface area contributed by atoms with Crippen molar-refractivity contribution >= 4 is 17.7 Å². The van der Waals surface area contributed by atoms with Gasteiger partial charge in [0.05, 0.1) is 29.0 Å². The van der Waals surface area contributed by atoms with Gasteiger partial charge < -0.3 is 20.3 Å². The fourth-order valence-corrected chi connectivity index (χ4v) is 3.30. The van der Waals surface area contributed by atoms with Crippen LogP contribution in [0.5, 0.6) is 0 Å². The van der Waals surface area contributed by atoms with Crippen LogP contribution >= 0.6 is 0 Å². The smallest absolute Gasteiger partial charge is 0.337 e. The zero-order valence-electron chi connectivity index (χ0n) is 14.3. The Bertz CT molecular complexity index is 986. The van der Waals surface area contributed by atoms with Crippen LogP contribution < -0.4 is 5.32 Å². The highest BCUT2D eigenvalue weighted by Gasteiger charge is 2.35. The Morgan fingerprint density at radius 2 is 1.96 bits per heavy atom. The Kier molecular flexibility index (Phi) is 4.29. The lowest BCUT2D eigenvalue weighted by Crippen LogP contribution is -2.43. The van der Waals surface area contributed by atoms with Crippen LogP contribution in [-0.4, -0.2) is 43.5 Å². The van der Waals surface area contributed by atoms with Crippen molar-refractivity contribution in [3.8, 4) is 0 Å². The molecule has 3 N–H and O–H groups in total. The number of aromatic nitrogens is 3. The van der Waals surface area contributed by atoms with E-state index in [9.17, 15) is 14.7 Å². The predicted molar refractivity (Wildman–Crippen MR) is 97.5 cm³/mol. The van der Waals surface area contributed by atoms with E-state index in [1.807, 2.05) is 18.2 Å². The molecule has 0 saturated heterocycles. The van der Waals surface area contributed by atoms with Gasteiger partial charge in [-0.3, -0.25) is 4.98 Å². The summed E-state index contributed by atoms with van der Waals surface area (Å²) in [6.45, 7) is 0.456. The lowest BCUT2D eigenvalue weighted by molar-refractivity contribution is 0.0698.